The van der Waals surface area contributed by atoms with Gasteiger partial charge in [0.15, 0.2) is 0 Å². The maximum atomic E-state index is 11.8. The van der Waals surface area contributed by atoms with Gasteiger partial charge in [-0.15, -0.1) is 0 Å². The molecule has 0 aromatic carbocycles. The van der Waals surface area contributed by atoms with Crippen molar-refractivity contribution in [3.63, 3.8) is 0 Å². The molecule has 1 aromatic rings. The number of rotatable bonds is 2. The van der Waals surface area contributed by atoms with Gasteiger partial charge in [-0.25, -0.2) is 4.98 Å². The van der Waals surface area contributed by atoms with E-state index >= 15 is 0 Å². The molecule has 1 aromatic heterocycles. The van der Waals surface area contributed by atoms with E-state index in [0.717, 1.165) is 18.1 Å². The molecular formula is C10H12ClN3OS. The van der Waals surface area contributed by atoms with E-state index in [4.69, 9.17) is 11.6 Å². The number of thioether (sulfide) groups is 1. The number of pyridine rings is 1. The normalized spacial score (nSPS) is 20.4. The van der Waals surface area contributed by atoms with Crippen LogP contribution in [0.3, 0.4) is 0 Å². The summed E-state index contributed by atoms with van der Waals surface area (Å²) in [5.41, 5.74) is 0. The molecule has 1 aliphatic rings. The Labute approximate surface area is 103 Å². The highest BCUT2D eigenvalue weighted by Gasteiger charge is 2.20. The number of aromatic nitrogens is 1. The van der Waals surface area contributed by atoms with Gasteiger partial charge in [-0.2, -0.15) is 11.8 Å². The molecule has 0 saturated carbocycles. The van der Waals surface area contributed by atoms with Gasteiger partial charge in [0.1, 0.15) is 5.82 Å². The van der Waals surface area contributed by atoms with Gasteiger partial charge in [-0.1, -0.05) is 11.6 Å². The monoisotopic (exact) mass is 257 g/mol. The number of amides is 1. The Morgan fingerprint density at radius 2 is 2.50 bits per heavy atom. The SMILES string of the molecule is O=C(Nc1ccc(Cl)cn1)C1CSCCN1. The average Bonchev–Trinajstić information content (AvgIpc) is 2.33. The fourth-order valence-electron chi connectivity index (χ4n) is 1.40. The molecule has 1 amide bonds. The zero-order valence-corrected chi connectivity index (χ0v) is 10.1. The fraction of sp³-hybridized carbons (Fsp3) is 0.400. The van der Waals surface area contributed by atoms with E-state index < -0.39 is 0 Å². The maximum absolute atomic E-state index is 11.8. The lowest BCUT2D eigenvalue weighted by Crippen LogP contribution is -2.46. The summed E-state index contributed by atoms with van der Waals surface area (Å²) >= 11 is 7.49. The minimum atomic E-state index is -0.128. The van der Waals surface area contributed by atoms with Crippen LogP contribution in [0, 0.1) is 0 Å². The first-order chi connectivity index (χ1) is 7.75. The van der Waals surface area contributed by atoms with E-state index in [1.54, 1.807) is 23.9 Å². The van der Waals surface area contributed by atoms with Gasteiger partial charge in [-0.05, 0) is 12.1 Å². The molecule has 0 aliphatic carbocycles. The number of carbonyl (C=O) groups is 1. The Morgan fingerprint density at radius 1 is 1.62 bits per heavy atom. The van der Waals surface area contributed by atoms with Gasteiger partial charge in [0.25, 0.3) is 0 Å². The number of halogens is 1. The minimum Gasteiger partial charge on any atom is -0.309 e. The molecule has 1 unspecified atom stereocenters. The summed E-state index contributed by atoms with van der Waals surface area (Å²) in [6, 6.07) is 3.26. The van der Waals surface area contributed by atoms with Crippen LogP contribution in [0.5, 0.6) is 0 Å². The predicted molar refractivity (Wildman–Crippen MR) is 67.0 cm³/mol. The molecular weight excluding hydrogens is 246 g/mol. The quantitative estimate of drug-likeness (QED) is 0.841. The molecule has 86 valence electrons. The lowest BCUT2D eigenvalue weighted by molar-refractivity contribution is -0.117. The first kappa shape index (κ1) is 11.7. The second-order valence-corrected chi connectivity index (χ2v) is 5.02. The summed E-state index contributed by atoms with van der Waals surface area (Å²) in [5.74, 6) is 2.36. The van der Waals surface area contributed by atoms with E-state index in [9.17, 15) is 4.79 Å². The van der Waals surface area contributed by atoms with E-state index in [-0.39, 0.29) is 11.9 Å². The van der Waals surface area contributed by atoms with Crippen molar-refractivity contribution in [3.8, 4) is 0 Å². The predicted octanol–water partition coefficient (Wildman–Crippen LogP) is 1.38. The summed E-state index contributed by atoms with van der Waals surface area (Å²) in [4.78, 5) is 15.8. The zero-order valence-electron chi connectivity index (χ0n) is 8.57. The van der Waals surface area contributed by atoms with Crippen LogP contribution in [0.25, 0.3) is 0 Å². The number of carbonyl (C=O) groups excluding carboxylic acids is 1. The lowest BCUT2D eigenvalue weighted by Gasteiger charge is -2.21. The Hall–Kier alpha value is -0.780. The van der Waals surface area contributed by atoms with Crippen molar-refractivity contribution in [2.45, 2.75) is 6.04 Å². The summed E-state index contributed by atoms with van der Waals surface area (Å²) < 4.78 is 0. The highest BCUT2D eigenvalue weighted by atomic mass is 35.5. The van der Waals surface area contributed by atoms with Crippen molar-refractivity contribution >= 4 is 35.1 Å². The zero-order chi connectivity index (χ0) is 11.4. The van der Waals surface area contributed by atoms with Gasteiger partial charge in [-0.3, -0.25) is 4.79 Å². The largest absolute Gasteiger partial charge is 0.309 e. The van der Waals surface area contributed by atoms with Crippen molar-refractivity contribution in [1.29, 1.82) is 0 Å². The van der Waals surface area contributed by atoms with Crippen molar-refractivity contribution < 1.29 is 4.79 Å². The molecule has 6 heteroatoms. The van der Waals surface area contributed by atoms with Crippen LogP contribution in [0.4, 0.5) is 5.82 Å². The summed E-state index contributed by atoms with van der Waals surface area (Å²) in [6.07, 6.45) is 1.51. The van der Waals surface area contributed by atoms with E-state index in [0.29, 0.717) is 10.8 Å². The van der Waals surface area contributed by atoms with Crippen LogP contribution in [0.1, 0.15) is 0 Å². The fourth-order valence-corrected chi connectivity index (χ4v) is 2.44. The maximum Gasteiger partial charge on any atom is 0.243 e. The second-order valence-electron chi connectivity index (χ2n) is 3.43. The van der Waals surface area contributed by atoms with Crippen LogP contribution >= 0.6 is 23.4 Å². The molecule has 0 radical (unpaired) electrons. The van der Waals surface area contributed by atoms with Gasteiger partial charge in [0.05, 0.1) is 11.1 Å². The lowest BCUT2D eigenvalue weighted by atomic mass is 10.3. The molecule has 16 heavy (non-hydrogen) atoms. The average molecular weight is 258 g/mol. The summed E-state index contributed by atoms with van der Waals surface area (Å²) in [5, 5.41) is 6.48. The molecule has 1 aliphatic heterocycles. The minimum absolute atomic E-state index is 0.0398. The summed E-state index contributed by atoms with van der Waals surface area (Å²) in [6.45, 7) is 0.872. The van der Waals surface area contributed by atoms with E-state index in [1.807, 2.05) is 0 Å². The van der Waals surface area contributed by atoms with Crippen molar-refractivity contribution in [3.05, 3.63) is 23.4 Å². The highest BCUT2D eigenvalue weighted by molar-refractivity contribution is 7.99. The van der Waals surface area contributed by atoms with Gasteiger partial charge >= 0.3 is 0 Å². The molecule has 2 N–H and O–H groups in total. The third-order valence-corrected chi connectivity index (χ3v) is 3.50. The third kappa shape index (κ3) is 3.10. The van der Waals surface area contributed by atoms with Crippen molar-refractivity contribution in [2.24, 2.45) is 0 Å². The number of hydrogen-bond acceptors (Lipinski definition) is 4. The third-order valence-electron chi connectivity index (χ3n) is 2.22. The first-order valence-electron chi connectivity index (χ1n) is 4.99. The number of hydrogen-bond donors (Lipinski definition) is 2. The molecule has 2 rings (SSSR count). The van der Waals surface area contributed by atoms with Crippen LogP contribution in [0.2, 0.25) is 5.02 Å². The van der Waals surface area contributed by atoms with Gasteiger partial charge in [0, 0.05) is 24.2 Å². The van der Waals surface area contributed by atoms with Crippen LogP contribution < -0.4 is 10.6 Å². The molecule has 1 saturated heterocycles. The van der Waals surface area contributed by atoms with Crippen molar-refractivity contribution in [1.82, 2.24) is 10.3 Å². The molecule has 1 atom stereocenters. The number of anilines is 1. The standard InChI is InChI=1S/C10H12ClN3OS/c11-7-1-2-9(13-5-7)14-10(15)8-6-16-4-3-12-8/h1-2,5,8,12H,3-4,6H2,(H,13,14,15). The smallest absolute Gasteiger partial charge is 0.243 e. The second kappa shape index (κ2) is 5.52. The molecule has 0 spiro atoms. The van der Waals surface area contributed by atoms with Gasteiger partial charge in [0.2, 0.25) is 5.91 Å². The Morgan fingerprint density at radius 3 is 3.12 bits per heavy atom. The van der Waals surface area contributed by atoms with E-state index in [2.05, 4.69) is 15.6 Å². The van der Waals surface area contributed by atoms with E-state index in [1.165, 1.54) is 6.20 Å². The first-order valence-corrected chi connectivity index (χ1v) is 6.52. The van der Waals surface area contributed by atoms with Crippen LogP contribution in [-0.4, -0.2) is 35.0 Å². The Balaban J connectivity index is 1.93. The topological polar surface area (TPSA) is 54.0 Å². The van der Waals surface area contributed by atoms with Crippen molar-refractivity contribution in [2.75, 3.05) is 23.4 Å². The Bertz CT molecular complexity index is 365. The highest BCUT2D eigenvalue weighted by Crippen LogP contribution is 2.12. The number of nitrogens with zero attached hydrogens (tertiary/aromatic N) is 1. The molecule has 0 bridgehead atoms. The molecule has 2 heterocycles. The van der Waals surface area contributed by atoms with Crippen LogP contribution in [-0.2, 0) is 4.79 Å². The number of nitrogens with one attached hydrogen (secondary N) is 2. The van der Waals surface area contributed by atoms with Gasteiger partial charge < -0.3 is 10.6 Å². The Kier molecular flexibility index (Phi) is 4.04. The summed E-state index contributed by atoms with van der Waals surface area (Å²) in [7, 11) is 0. The molecule has 1 fully saturated rings. The van der Waals surface area contributed by atoms with Crippen LogP contribution in [0.15, 0.2) is 18.3 Å². The molecule has 4 nitrogen and oxygen atoms in total.